The van der Waals surface area contributed by atoms with Gasteiger partial charge >= 0.3 is 6.09 Å². The highest BCUT2D eigenvalue weighted by molar-refractivity contribution is 7.22. The first-order valence-electron chi connectivity index (χ1n) is 10.6. The number of fused-ring (bicyclic) bond motifs is 2. The smallest absolute Gasteiger partial charge is 0.410 e. The van der Waals surface area contributed by atoms with E-state index in [0.717, 1.165) is 49.9 Å². The van der Waals surface area contributed by atoms with Crippen LogP contribution in [0.3, 0.4) is 0 Å². The minimum absolute atomic E-state index is 0.0879. The zero-order valence-electron chi connectivity index (χ0n) is 17.9. The van der Waals surface area contributed by atoms with Crippen molar-refractivity contribution in [1.82, 2.24) is 9.88 Å². The molecule has 0 saturated heterocycles. The zero-order chi connectivity index (χ0) is 21.8. The van der Waals surface area contributed by atoms with Gasteiger partial charge in [-0.05, 0) is 57.7 Å². The summed E-state index contributed by atoms with van der Waals surface area (Å²) in [5.74, 6) is 0.213. The number of aromatic nitrogens is 1. The van der Waals surface area contributed by atoms with E-state index in [1.54, 1.807) is 27.6 Å². The first-order valence-corrected chi connectivity index (χ1v) is 12.2. The van der Waals surface area contributed by atoms with Crippen molar-refractivity contribution in [2.75, 3.05) is 11.9 Å². The van der Waals surface area contributed by atoms with Gasteiger partial charge in [-0.3, -0.25) is 4.79 Å². The third-order valence-corrected chi connectivity index (χ3v) is 7.59. The maximum Gasteiger partial charge on any atom is 0.410 e. The van der Waals surface area contributed by atoms with Gasteiger partial charge in [0.05, 0.1) is 16.8 Å². The Morgan fingerprint density at radius 3 is 2.68 bits per heavy atom. The molecular weight excluding hydrogens is 430 g/mol. The Balaban J connectivity index is 1.51. The Labute approximate surface area is 189 Å². The lowest BCUT2D eigenvalue weighted by Crippen LogP contribution is -2.39. The van der Waals surface area contributed by atoms with Crippen molar-refractivity contribution in [1.29, 1.82) is 0 Å². The average Bonchev–Trinajstić information content (AvgIpc) is 3.38. The number of nitrogens with zero attached hydrogens (tertiary/aromatic N) is 2. The van der Waals surface area contributed by atoms with Crippen LogP contribution in [0.25, 0.3) is 20.8 Å². The second-order valence-corrected chi connectivity index (χ2v) is 11.2. The van der Waals surface area contributed by atoms with Gasteiger partial charge in [0, 0.05) is 22.9 Å². The maximum atomic E-state index is 12.6. The number of benzene rings is 1. The number of nitrogens with one attached hydrogen (secondary N) is 1. The van der Waals surface area contributed by atoms with Gasteiger partial charge in [-0.25, -0.2) is 9.78 Å². The van der Waals surface area contributed by atoms with Gasteiger partial charge < -0.3 is 15.0 Å². The standard InChI is InChI=1S/C23H25N3O3S2/c1-23(2,3)29-22(28)26-11-10-14-17(12-26)31-21(25-19(27)13-8-9-13)18(14)20-24-15-6-4-5-7-16(15)30-20/h4-7,13H,8-12H2,1-3H3,(H,25,27). The molecule has 1 fully saturated rings. The Hall–Kier alpha value is -2.45. The molecule has 6 nitrogen and oxygen atoms in total. The molecule has 0 radical (unpaired) electrons. The molecule has 3 aromatic rings. The van der Waals surface area contributed by atoms with Crippen molar-refractivity contribution in [2.45, 2.75) is 52.2 Å². The van der Waals surface area contributed by atoms with Crippen molar-refractivity contribution in [3.8, 4) is 10.6 Å². The lowest BCUT2D eigenvalue weighted by Gasteiger charge is -2.30. The number of anilines is 1. The summed E-state index contributed by atoms with van der Waals surface area (Å²) in [5, 5.41) is 4.95. The van der Waals surface area contributed by atoms with Crippen LogP contribution < -0.4 is 5.32 Å². The van der Waals surface area contributed by atoms with E-state index in [1.807, 2.05) is 39.0 Å². The van der Waals surface area contributed by atoms with Crippen LogP contribution in [0, 0.1) is 5.92 Å². The van der Waals surface area contributed by atoms with Crippen molar-refractivity contribution in [2.24, 2.45) is 5.92 Å². The molecule has 1 aliphatic carbocycles. The van der Waals surface area contributed by atoms with Crippen LogP contribution in [0.15, 0.2) is 24.3 Å². The number of para-hydroxylation sites is 1. The van der Waals surface area contributed by atoms with Crippen LogP contribution in [-0.2, 0) is 22.5 Å². The highest BCUT2D eigenvalue weighted by Gasteiger charge is 2.34. The predicted molar refractivity (Wildman–Crippen MR) is 125 cm³/mol. The summed E-state index contributed by atoms with van der Waals surface area (Å²) in [6.07, 6.45) is 2.34. The predicted octanol–water partition coefficient (Wildman–Crippen LogP) is 5.67. The molecule has 2 aliphatic rings. The Morgan fingerprint density at radius 1 is 1.19 bits per heavy atom. The molecule has 0 bridgehead atoms. The molecule has 0 atom stereocenters. The quantitative estimate of drug-likeness (QED) is 0.553. The second-order valence-electron chi connectivity index (χ2n) is 9.11. The fraction of sp³-hybridized carbons (Fsp3) is 0.435. The van der Waals surface area contributed by atoms with Crippen molar-refractivity contribution in [3.63, 3.8) is 0 Å². The van der Waals surface area contributed by atoms with Crippen LogP contribution in [0.4, 0.5) is 9.80 Å². The van der Waals surface area contributed by atoms with Gasteiger partial charge in [-0.2, -0.15) is 0 Å². The summed E-state index contributed by atoms with van der Waals surface area (Å²) in [6, 6.07) is 8.09. The van der Waals surface area contributed by atoms with E-state index in [9.17, 15) is 9.59 Å². The number of thiophene rings is 1. The van der Waals surface area contributed by atoms with Crippen LogP contribution >= 0.6 is 22.7 Å². The van der Waals surface area contributed by atoms with Gasteiger partial charge in [0.25, 0.3) is 0 Å². The second kappa shape index (κ2) is 7.60. The molecule has 1 saturated carbocycles. The molecule has 0 spiro atoms. The van der Waals surface area contributed by atoms with Gasteiger partial charge in [0.15, 0.2) is 0 Å². The van der Waals surface area contributed by atoms with Gasteiger partial charge in [0.2, 0.25) is 5.91 Å². The van der Waals surface area contributed by atoms with E-state index in [2.05, 4.69) is 11.4 Å². The largest absolute Gasteiger partial charge is 0.444 e. The summed E-state index contributed by atoms with van der Waals surface area (Å²) >= 11 is 3.21. The van der Waals surface area contributed by atoms with E-state index < -0.39 is 5.60 Å². The summed E-state index contributed by atoms with van der Waals surface area (Å²) in [4.78, 5) is 32.9. The monoisotopic (exact) mass is 455 g/mol. The number of carbonyl (C=O) groups excluding carboxylic acids is 2. The Kier molecular flexibility index (Phi) is 5.01. The third-order valence-electron chi connectivity index (χ3n) is 5.40. The summed E-state index contributed by atoms with van der Waals surface area (Å²) < 4.78 is 6.70. The normalized spacial score (nSPS) is 16.3. The molecule has 8 heteroatoms. The number of carbonyl (C=O) groups is 2. The molecule has 2 aromatic heterocycles. The van der Waals surface area contributed by atoms with Gasteiger partial charge in [0.1, 0.15) is 15.6 Å². The molecule has 1 aromatic carbocycles. The highest BCUT2D eigenvalue weighted by Crippen LogP contribution is 2.46. The summed E-state index contributed by atoms with van der Waals surface area (Å²) in [7, 11) is 0. The molecule has 3 heterocycles. The number of thiazole rings is 1. The van der Waals surface area contributed by atoms with Gasteiger partial charge in [-0.1, -0.05) is 12.1 Å². The van der Waals surface area contributed by atoms with E-state index >= 15 is 0 Å². The lowest BCUT2D eigenvalue weighted by molar-refractivity contribution is -0.117. The molecule has 2 amide bonds. The zero-order valence-corrected chi connectivity index (χ0v) is 19.5. The van der Waals surface area contributed by atoms with Crippen molar-refractivity contribution in [3.05, 3.63) is 34.7 Å². The van der Waals surface area contributed by atoms with E-state index in [4.69, 9.17) is 9.72 Å². The molecule has 5 rings (SSSR count). The third kappa shape index (κ3) is 4.19. The fourth-order valence-electron chi connectivity index (χ4n) is 3.74. The number of hydrogen-bond donors (Lipinski definition) is 1. The topological polar surface area (TPSA) is 71.5 Å². The van der Waals surface area contributed by atoms with E-state index in [-0.39, 0.29) is 17.9 Å². The van der Waals surface area contributed by atoms with E-state index in [0.29, 0.717) is 13.1 Å². The number of ether oxygens (including phenoxy) is 1. The van der Waals surface area contributed by atoms with Crippen molar-refractivity contribution < 1.29 is 14.3 Å². The minimum Gasteiger partial charge on any atom is -0.444 e. The SMILES string of the molecule is CC(C)(C)OC(=O)N1CCc2c(sc(NC(=O)C3CC3)c2-c2nc3ccccc3s2)C1. The number of hydrogen-bond acceptors (Lipinski definition) is 6. The molecule has 0 unspecified atom stereocenters. The Bertz CT molecular complexity index is 1140. The molecule has 1 N–H and O–H groups in total. The molecule has 31 heavy (non-hydrogen) atoms. The van der Waals surface area contributed by atoms with Gasteiger partial charge in [-0.15, -0.1) is 22.7 Å². The first-order chi connectivity index (χ1) is 14.8. The number of amides is 2. The van der Waals surface area contributed by atoms with Crippen LogP contribution in [0.1, 0.15) is 44.1 Å². The molecule has 1 aliphatic heterocycles. The van der Waals surface area contributed by atoms with Crippen LogP contribution in [0.5, 0.6) is 0 Å². The van der Waals surface area contributed by atoms with Crippen LogP contribution in [0.2, 0.25) is 0 Å². The average molecular weight is 456 g/mol. The Morgan fingerprint density at radius 2 is 1.97 bits per heavy atom. The highest BCUT2D eigenvalue weighted by atomic mass is 32.1. The summed E-state index contributed by atoms with van der Waals surface area (Å²) in [5.41, 5.74) is 2.66. The van der Waals surface area contributed by atoms with E-state index in [1.165, 1.54) is 5.56 Å². The lowest BCUT2D eigenvalue weighted by atomic mass is 10.0. The van der Waals surface area contributed by atoms with Crippen molar-refractivity contribution >= 4 is 49.9 Å². The molecular formula is C23H25N3O3S2. The number of rotatable bonds is 3. The maximum absolute atomic E-state index is 12.6. The minimum atomic E-state index is -0.525. The molecule has 162 valence electrons. The fourth-order valence-corrected chi connectivity index (χ4v) is 6.12. The summed E-state index contributed by atoms with van der Waals surface area (Å²) in [6.45, 7) is 6.71. The van der Waals surface area contributed by atoms with Crippen LogP contribution in [-0.4, -0.2) is 34.0 Å². The first kappa shape index (κ1) is 20.5.